The van der Waals surface area contributed by atoms with Crippen LogP contribution in [0.2, 0.25) is 0 Å². The zero-order valence-electron chi connectivity index (χ0n) is 9.20. The maximum atomic E-state index is 11.8. The van der Waals surface area contributed by atoms with Gasteiger partial charge >= 0.3 is 0 Å². The minimum atomic E-state index is -0.129. The number of piperidine rings is 1. The first-order valence-corrected chi connectivity index (χ1v) is 5.80. The predicted octanol–water partition coefficient (Wildman–Crippen LogP) is 0.194. The Bertz CT molecular complexity index is 299. The van der Waals surface area contributed by atoms with Crippen LogP contribution in [0.3, 0.4) is 0 Å². The largest absolute Gasteiger partial charge is 0.354 e. The molecular formula is C11H16N2O3. The number of carbonyl (C=O) groups excluding carboxylic acids is 3. The molecule has 1 N–H and O–H groups in total. The van der Waals surface area contributed by atoms with Crippen LogP contribution in [0.15, 0.2) is 0 Å². The van der Waals surface area contributed by atoms with Gasteiger partial charge in [-0.1, -0.05) is 0 Å². The van der Waals surface area contributed by atoms with Crippen molar-refractivity contribution in [3.63, 3.8) is 0 Å². The van der Waals surface area contributed by atoms with Gasteiger partial charge in [0, 0.05) is 25.8 Å². The van der Waals surface area contributed by atoms with E-state index in [-0.39, 0.29) is 23.8 Å². The molecular weight excluding hydrogens is 208 g/mol. The van der Waals surface area contributed by atoms with Crippen LogP contribution in [0.5, 0.6) is 0 Å². The molecule has 0 aromatic carbocycles. The molecule has 2 rings (SSSR count). The van der Waals surface area contributed by atoms with Gasteiger partial charge in [0.25, 0.3) is 0 Å². The minimum absolute atomic E-state index is 0.00553. The number of hydrogen-bond acceptors (Lipinski definition) is 3. The van der Waals surface area contributed by atoms with Crippen molar-refractivity contribution in [1.82, 2.24) is 10.2 Å². The highest BCUT2D eigenvalue weighted by molar-refractivity contribution is 5.96. The van der Waals surface area contributed by atoms with Gasteiger partial charge in [-0.2, -0.15) is 0 Å². The van der Waals surface area contributed by atoms with E-state index in [2.05, 4.69) is 5.32 Å². The van der Waals surface area contributed by atoms with Crippen LogP contribution in [0, 0.1) is 0 Å². The van der Waals surface area contributed by atoms with E-state index in [9.17, 15) is 14.4 Å². The molecule has 0 radical (unpaired) electrons. The lowest BCUT2D eigenvalue weighted by Crippen LogP contribution is -2.52. The molecule has 88 valence electrons. The van der Waals surface area contributed by atoms with Gasteiger partial charge in [0.05, 0.1) is 6.04 Å². The summed E-state index contributed by atoms with van der Waals surface area (Å²) in [5, 5.41) is 2.71. The zero-order chi connectivity index (χ0) is 11.5. The molecule has 0 aromatic heterocycles. The summed E-state index contributed by atoms with van der Waals surface area (Å²) in [6.07, 6.45) is 3.50. The van der Waals surface area contributed by atoms with Crippen LogP contribution in [0.25, 0.3) is 0 Å². The molecule has 2 fully saturated rings. The van der Waals surface area contributed by atoms with E-state index in [1.165, 1.54) is 4.90 Å². The van der Waals surface area contributed by atoms with E-state index in [0.717, 1.165) is 12.8 Å². The summed E-state index contributed by atoms with van der Waals surface area (Å²) < 4.78 is 0. The molecule has 16 heavy (non-hydrogen) atoms. The maximum Gasteiger partial charge on any atom is 0.229 e. The first-order chi connectivity index (χ1) is 7.68. The van der Waals surface area contributed by atoms with Gasteiger partial charge in [-0.15, -0.1) is 0 Å². The fourth-order valence-corrected chi connectivity index (χ4v) is 2.28. The molecule has 5 nitrogen and oxygen atoms in total. The molecule has 2 heterocycles. The lowest BCUT2D eigenvalue weighted by atomic mass is 10.0. The van der Waals surface area contributed by atoms with E-state index in [1.54, 1.807) is 0 Å². The van der Waals surface area contributed by atoms with Crippen molar-refractivity contribution in [2.45, 2.75) is 44.6 Å². The molecule has 0 saturated carbocycles. The van der Waals surface area contributed by atoms with Crippen molar-refractivity contribution in [3.05, 3.63) is 0 Å². The monoisotopic (exact) mass is 224 g/mol. The average Bonchev–Trinajstić information content (AvgIpc) is 2.42. The number of likely N-dealkylation sites (tertiary alicyclic amines) is 1. The topological polar surface area (TPSA) is 66.5 Å². The third kappa shape index (κ3) is 2.23. The standard InChI is InChI=1S/C11H16N2O3/c14-9-6-5-8(7-12-9)13-10(15)3-1-2-4-11(13)16/h8H,1-7H2,(H,12,14). The molecule has 1 unspecified atom stereocenters. The Kier molecular flexibility index (Phi) is 3.22. The van der Waals surface area contributed by atoms with Crippen LogP contribution in [0.4, 0.5) is 0 Å². The molecule has 0 aromatic rings. The molecule has 0 bridgehead atoms. The van der Waals surface area contributed by atoms with Crippen LogP contribution in [-0.4, -0.2) is 35.2 Å². The van der Waals surface area contributed by atoms with Crippen molar-refractivity contribution in [3.8, 4) is 0 Å². The Morgan fingerprint density at radius 2 is 1.62 bits per heavy atom. The van der Waals surface area contributed by atoms with E-state index in [1.807, 2.05) is 0 Å². The number of nitrogens with one attached hydrogen (secondary N) is 1. The second kappa shape index (κ2) is 4.63. The molecule has 3 amide bonds. The smallest absolute Gasteiger partial charge is 0.229 e. The van der Waals surface area contributed by atoms with E-state index < -0.39 is 0 Å². The normalized spacial score (nSPS) is 27.6. The summed E-state index contributed by atoms with van der Waals surface area (Å²) in [5.74, 6) is -0.154. The predicted molar refractivity (Wildman–Crippen MR) is 56.4 cm³/mol. The summed E-state index contributed by atoms with van der Waals surface area (Å²) in [4.78, 5) is 36.0. The Morgan fingerprint density at radius 1 is 1.00 bits per heavy atom. The minimum Gasteiger partial charge on any atom is -0.354 e. The number of hydrogen-bond donors (Lipinski definition) is 1. The number of rotatable bonds is 1. The van der Waals surface area contributed by atoms with Crippen LogP contribution >= 0.6 is 0 Å². The quantitative estimate of drug-likeness (QED) is 0.647. The first-order valence-electron chi connectivity index (χ1n) is 5.80. The highest BCUT2D eigenvalue weighted by Crippen LogP contribution is 2.19. The van der Waals surface area contributed by atoms with Gasteiger partial charge < -0.3 is 5.32 Å². The lowest BCUT2D eigenvalue weighted by molar-refractivity contribution is -0.148. The average molecular weight is 224 g/mol. The number of amides is 3. The molecule has 0 spiro atoms. The van der Waals surface area contributed by atoms with E-state index >= 15 is 0 Å². The Balaban J connectivity index is 2.07. The van der Waals surface area contributed by atoms with E-state index in [4.69, 9.17) is 0 Å². The number of nitrogens with zero attached hydrogens (tertiary/aromatic N) is 1. The maximum absolute atomic E-state index is 11.8. The van der Waals surface area contributed by atoms with Gasteiger partial charge in [-0.05, 0) is 19.3 Å². The highest BCUT2D eigenvalue weighted by atomic mass is 16.2. The number of imide groups is 1. The fraction of sp³-hybridized carbons (Fsp3) is 0.727. The van der Waals surface area contributed by atoms with Gasteiger partial charge in [0.2, 0.25) is 17.7 Å². The Morgan fingerprint density at radius 3 is 2.12 bits per heavy atom. The molecule has 0 aliphatic carbocycles. The summed E-state index contributed by atoms with van der Waals surface area (Å²) in [6.45, 7) is 0.413. The highest BCUT2D eigenvalue weighted by Gasteiger charge is 2.33. The van der Waals surface area contributed by atoms with Crippen LogP contribution in [-0.2, 0) is 14.4 Å². The Labute approximate surface area is 94.2 Å². The molecule has 1 atom stereocenters. The summed E-state index contributed by atoms with van der Waals surface area (Å²) in [6, 6.07) is -0.129. The van der Waals surface area contributed by atoms with Gasteiger partial charge in [0.1, 0.15) is 0 Å². The summed E-state index contributed by atoms with van der Waals surface area (Å²) in [5.41, 5.74) is 0. The molecule has 2 saturated heterocycles. The van der Waals surface area contributed by atoms with Gasteiger partial charge in [-0.25, -0.2) is 0 Å². The third-order valence-corrected chi connectivity index (χ3v) is 3.17. The van der Waals surface area contributed by atoms with Crippen molar-refractivity contribution in [2.24, 2.45) is 0 Å². The van der Waals surface area contributed by atoms with Crippen molar-refractivity contribution >= 4 is 17.7 Å². The molecule has 5 heteroatoms. The van der Waals surface area contributed by atoms with Crippen LogP contribution in [0.1, 0.15) is 38.5 Å². The Hall–Kier alpha value is -1.39. The molecule has 2 aliphatic heterocycles. The fourth-order valence-electron chi connectivity index (χ4n) is 2.28. The molecule has 2 aliphatic rings. The van der Waals surface area contributed by atoms with Gasteiger partial charge in [-0.3, -0.25) is 19.3 Å². The first kappa shape index (κ1) is 11.1. The third-order valence-electron chi connectivity index (χ3n) is 3.17. The number of carbonyl (C=O) groups is 3. The summed E-state index contributed by atoms with van der Waals surface area (Å²) in [7, 11) is 0. The lowest BCUT2D eigenvalue weighted by Gasteiger charge is -2.32. The van der Waals surface area contributed by atoms with E-state index in [0.29, 0.717) is 32.2 Å². The van der Waals surface area contributed by atoms with Crippen molar-refractivity contribution in [1.29, 1.82) is 0 Å². The van der Waals surface area contributed by atoms with Gasteiger partial charge in [0.15, 0.2) is 0 Å². The summed E-state index contributed by atoms with van der Waals surface area (Å²) >= 11 is 0. The van der Waals surface area contributed by atoms with Crippen molar-refractivity contribution in [2.75, 3.05) is 6.54 Å². The van der Waals surface area contributed by atoms with Crippen LogP contribution < -0.4 is 5.32 Å². The van der Waals surface area contributed by atoms with Crippen molar-refractivity contribution < 1.29 is 14.4 Å². The second-order valence-corrected chi connectivity index (χ2v) is 4.36. The SMILES string of the molecule is O=C1CCC(N2C(=O)CCCCC2=O)CN1. The zero-order valence-corrected chi connectivity index (χ0v) is 9.20. The second-order valence-electron chi connectivity index (χ2n) is 4.36.